The second-order valence-electron chi connectivity index (χ2n) is 8.41. The molecule has 3 heterocycles. The van der Waals surface area contributed by atoms with Crippen LogP contribution in [0, 0.1) is 0 Å². The molecule has 5 rings (SSSR count). The number of ether oxygens (including phenoxy) is 1. The number of urea groups is 1. The highest BCUT2D eigenvalue weighted by molar-refractivity contribution is 6.00. The van der Waals surface area contributed by atoms with Gasteiger partial charge >= 0.3 is 6.03 Å². The van der Waals surface area contributed by atoms with Crippen LogP contribution in [0.4, 0.5) is 22.0 Å². The van der Waals surface area contributed by atoms with Gasteiger partial charge in [-0.05, 0) is 60.7 Å². The number of hydrogen-bond acceptors (Lipinski definition) is 7. The van der Waals surface area contributed by atoms with E-state index >= 15 is 0 Å². The molecule has 11 heteroatoms. The van der Waals surface area contributed by atoms with Gasteiger partial charge in [0.05, 0.1) is 19.8 Å². The molecule has 3 amide bonds. The van der Waals surface area contributed by atoms with Crippen molar-refractivity contribution < 1.29 is 19.4 Å². The van der Waals surface area contributed by atoms with E-state index in [0.717, 1.165) is 30.0 Å². The van der Waals surface area contributed by atoms with Crippen molar-refractivity contribution in [2.75, 3.05) is 55.0 Å². The van der Waals surface area contributed by atoms with E-state index < -0.39 is 6.03 Å². The van der Waals surface area contributed by atoms with Gasteiger partial charge in [-0.25, -0.2) is 14.3 Å². The first-order chi connectivity index (χ1) is 18.1. The first-order valence-electron chi connectivity index (χ1n) is 12.0. The van der Waals surface area contributed by atoms with Crippen molar-refractivity contribution in [2.24, 2.45) is 0 Å². The van der Waals surface area contributed by atoms with E-state index in [1.807, 2.05) is 35.0 Å². The van der Waals surface area contributed by atoms with Gasteiger partial charge < -0.3 is 30.7 Å². The Hall–Kier alpha value is -4.48. The zero-order valence-electron chi connectivity index (χ0n) is 20.1. The van der Waals surface area contributed by atoms with Gasteiger partial charge in [0.15, 0.2) is 11.6 Å². The summed E-state index contributed by atoms with van der Waals surface area (Å²) in [6, 6.07) is 17.3. The minimum Gasteiger partial charge on any atom is -0.395 e. The van der Waals surface area contributed by atoms with Crippen molar-refractivity contribution in [1.82, 2.24) is 19.9 Å². The molecule has 1 aliphatic rings. The second kappa shape index (κ2) is 11.1. The predicted octanol–water partition coefficient (Wildman–Crippen LogP) is 2.60. The number of anilines is 3. The lowest BCUT2D eigenvalue weighted by atomic mass is 10.2. The van der Waals surface area contributed by atoms with E-state index in [-0.39, 0.29) is 19.1 Å². The maximum absolute atomic E-state index is 12.5. The highest BCUT2D eigenvalue weighted by atomic mass is 16.5. The average Bonchev–Trinajstić information content (AvgIpc) is 3.41. The van der Waals surface area contributed by atoms with Gasteiger partial charge in [0, 0.05) is 48.3 Å². The number of hydrogen-bond donors (Lipinski definition) is 4. The van der Waals surface area contributed by atoms with Gasteiger partial charge in [-0.3, -0.25) is 4.79 Å². The summed E-state index contributed by atoms with van der Waals surface area (Å²) in [7, 11) is 0. The van der Waals surface area contributed by atoms with E-state index in [2.05, 4.69) is 25.9 Å². The average molecular weight is 502 g/mol. The Bertz CT molecular complexity index is 1380. The van der Waals surface area contributed by atoms with Crippen molar-refractivity contribution in [1.29, 1.82) is 0 Å². The van der Waals surface area contributed by atoms with Crippen molar-refractivity contribution in [3.05, 3.63) is 72.4 Å². The molecule has 0 atom stereocenters. The molecule has 190 valence electrons. The van der Waals surface area contributed by atoms with Crippen molar-refractivity contribution in [2.45, 2.75) is 0 Å². The maximum Gasteiger partial charge on any atom is 0.323 e. The molecular formula is C26H27N7O4. The van der Waals surface area contributed by atoms with E-state index in [1.54, 1.807) is 36.4 Å². The molecular weight excluding hydrogens is 474 g/mol. The number of aromatic nitrogens is 3. The first-order valence-corrected chi connectivity index (χ1v) is 12.0. The number of carbonyl (C=O) groups excluding carboxylic acids is 2. The molecule has 37 heavy (non-hydrogen) atoms. The molecule has 1 saturated heterocycles. The molecule has 0 spiro atoms. The highest BCUT2D eigenvalue weighted by Gasteiger charge is 2.18. The quantitative estimate of drug-likeness (QED) is 0.306. The van der Waals surface area contributed by atoms with E-state index in [4.69, 9.17) is 14.8 Å². The van der Waals surface area contributed by atoms with Gasteiger partial charge in [0.25, 0.3) is 5.91 Å². The molecule has 2 aromatic carbocycles. The number of nitrogens with one attached hydrogen (secondary N) is 3. The number of amides is 3. The zero-order valence-corrected chi connectivity index (χ0v) is 20.1. The van der Waals surface area contributed by atoms with Crippen LogP contribution in [0.25, 0.3) is 16.9 Å². The summed E-state index contributed by atoms with van der Waals surface area (Å²) in [4.78, 5) is 31.4. The fourth-order valence-electron chi connectivity index (χ4n) is 4.02. The number of morpholine rings is 1. The number of aliphatic hydroxyl groups is 1. The van der Waals surface area contributed by atoms with Crippen molar-refractivity contribution in [3.8, 4) is 11.4 Å². The zero-order chi connectivity index (χ0) is 25.6. The Morgan fingerprint density at radius 1 is 0.946 bits per heavy atom. The van der Waals surface area contributed by atoms with Crippen LogP contribution >= 0.6 is 0 Å². The van der Waals surface area contributed by atoms with Gasteiger partial charge in [0.1, 0.15) is 5.52 Å². The predicted molar refractivity (Wildman–Crippen MR) is 140 cm³/mol. The summed E-state index contributed by atoms with van der Waals surface area (Å²) >= 11 is 0. The lowest BCUT2D eigenvalue weighted by Gasteiger charge is -2.28. The summed E-state index contributed by atoms with van der Waals surface area (Å²) in [6.45, 7) is 2.93. The van der Waals surface area contributed by atoms with Gasteiger partial charge in [-0.1, -0.05) is 0 Å². The lowest BCUT2D eigenvalue weighted by Crippen LogP contribution is -2.37. The van der Waals surface area contributed by atoms with Crippen LogP contribution in [0.5, 0.6) is 0 Å². The van der Waals surface area contributed by atoms with Crippen LogP contribution < -0.4 is 20.9 Å². The van der Waals surface area contributed by atoms with Gasteiger partial charge in [0.2, 0.25) is 0 Å². The minimum atomic E-state index is -0.412. The number of benzene rings is 2. The smallest absolute Gasteiger partial charge is 0.323 e. The van der Waals surface area contributed by atoms with Crippen LogP contribution in [0.3, 0.4) is 0 Å². The Balaban J connectivity index is 1.25. The van der Waals surface area contributed by atoms with Crippen molar-refractivity contribution in [3.63, 3.8) is 0 Å². The Labute approximate surface area is 213 Å². The maximum atomic E-state index is 12.5. The summed E-state index contributed by atoms with van der Waals surface area (Å²) in [5.74, 6) is 1.17. The SMILES string of the molecule is O=C(Nc1ccc(C(=O)NCCO)cc1)Nc1ccc(-c2nc(N3CCOCC3)c3cccn3n2)cc1. The lowest BCUT2D eigenvalue weighted by molar-refractivity contribution is 0.0944. The number of aliphatic hydroxyl groups excluding tert-OH is 1. The molecule has 4 N–H and O–H groups in total. The molecule has 0 bridgehead atoms. The minimum absolute atomic E-state index is 0.128. The largest absolute Gasteiger partial charge is 0.395 e. The normalized spacial score (nSPS) is 13.4. The summed E-state index contributed by atoms with van der Waals surface area (Å²) in [6.07, 6.45) is 1.90. The monoisotopic (exact) mass is 501 g/mol. The molecule has 0 radical (unpaired) electrons. The second-order valence-corrected chi connectivity index (χ2v) is 8.41. The summed E-state index contributed by atoms with van der Waals surface area (Å²) < 4.78 is 7.31. The molecule has 2 aromatic heterocycles. The van der Waals surface area contributed by atoms with E-state index in [9.17, 15) is 9.59 Å². The Morgan fingerprint density at radius 3 is 2.30 bits per heavy atom. The molecule has 11 nitrogen and oxygen atoms in total. The fraction of sp³-hybridized carbons (Fsp3) is 0.231. The van der Waals surface area contributed by atoms with E-state index in [0.29, 0.717) is 36.0 Å². The number of rotatable bonds is 7. The molecule has 0 aliphatic carbocycles. The topological polar surface area (TPSA) is 133 Å². The number of fused-ring (bicyclic) bond motifs is 1. The highest BCUT2D eigenvalue weighted by Crippen LogP contribution is 2.25. The molecule has 0 saturated carbocycles. The van der Waals surface area contributed by atoms with Crippen LogP contribution in [-0.2, 0) is 4.74 Å². The van der Waals surface area contributed by atoms with Gasteiger partial charge in [-0.2, -0.15) is 0 Å². The summed E-state index contributed by atoms with van der Waals surface area (Å²) in [5.41, 5.74) is 3.35. The number of carbonyl (C=O) groups is 2. The Kier molecular flexibility index (Phi) is 7.24. The van der Waals surface area contributed by atoms with Crippen LogP contribution in [0.15, 0.2) is 66.9 Å². The van der Waals surface area contributed by atoms with Gasteiger partial charge in [-0.15, -0.1) is 5.10 Å². The molecule has 1 aliphatic heterocycles. The third-order valence-electron chi connectivity index (χ3n) is 5.89. The first kappa shape index (κ1) is 24.2. The van der Waals surface area contributed by atoms with Crippen molar-refractivity contribution >= 4 is 34.6 Å². The third kappa shape index (κ3) is 5.68. The Morgan fingerprint density at radius 2 is 1.62 bits per heavy atom. The van der Waals surface area contributed by atoms with Crippen LogP contribution in [-0.4, -0.2) is 71.1 Å². The standard InChI is InChI=1S/C26H27N7O4/c34-15-11-27-25(35)19-5-9-21(10-6-19)29-26(36)28-20-7-3-18(4-8-20)23-30-24(32-13-16-37-17-14-32)22-2-1-12-33(22)31-23/h1-10,12,34H,11,13-17H2,(H,27,35)(H2,28,29,36). The number of nitrogens with zero attached hydrogens (tertiary/aromatic N) is 4. The molecule has 1 fully saturated rings. The molecule has 0 unspecified atom stereocenters. The molecule has 4 aromatic rings. The summed E-state index contributed by atoms with van der Waals surface area (Å²) in [5, 5.41) is 21.6. The van der Waals surface area contributed by atoms with Crippen LogP contribution in [0.1, 0.15) is 10.4 Å². The third-order valence-corrected chi connectivity index (χ3v) is 5.89. The van der Waals surface area contributed by atoms with E-state index in [1.165, 1.54) is 0 Å². The van der Waals surface area contributed by atoms with Crippen LogP contribution in [0.2, 0.25) is 0 Å². The fourth-order valence-corrected chi connectivity index (χ4v) is 4.02.